The molecule has 0 rings (SSSR count). The Kier molecular flexibility index (Phi) is 8.51. The summed E-state index contributed by atoms with van der Waals surface area (Å²) in [5.41, 5.74) is 0. The maximum atomic E-state index is 13.2. The van der Waals surface area contributed by atoms with Gasteiger partial charge in [0.15, 0.2) is 0 Å². The number of alkyl halides is 9. The van der Waals surface area contributed by atoms with Gasteiger partial charge in [-0.1, -0.05) is 12.8 Å². The van der Waals surface area contributed by atoms with Crippen LogP contribution in [0.2, 0.25) is 0 Å². The van der Waals surface area contributed by atoms with Crippen molar-refractivity contribution in [1.29, 1.82) is 0 Å². The lowest BCUT2D eigenvalue weighted by Gasteiger charge is -2.33. The minimum atomic E-state index is -6.86. The molecule has 1 amide bonds. The molecule has 0 radical (unpaired) electrons. The molecule has 0 atom stereocenters. The van der Waals surface area contributed by atoms with Gasteiger partial charge in [0.2, 0.25) is 0 Å². The van der Waals surface area contributed by atoms with Gasteiger partial charge >= 0.3 is 30.0 Å². The lowest BCUT2D eigenvalue weighted by Crippen LogP contribution is -2.60. The molecule has 0 heterocycles. The number of unbranched alkanes of at least 4 members (excludes halogenated alkanes) is 3. The second kappa shape index (κ2) is 9.00. The van der Waals surface area contributed by atoms with Crippen LogP contribution in [0.3, 0.4) is 0 Å². The predicted molar refractivity (Wildman–Crippen MR) is 70.1 cm³/mol. The fourth-order valence-corrected chi connectivity index (χ4v) is 1.69. The summed E-state index contributed by atoms with van der Waals surface area (Å²) in [6, 6.07) is 0. The maximum Gasteiger partial charge on any atom is 0.460 e. The molecule has 13 heteroatoms. The van der Waals surface area contributed by atoms with Gasteiger partial charge in [0.1, 0.15) is 0 Å². The Bertz CT molecular complexity index is 455. The van der Waals surface area contributed by atoms with E-state index in [0.717, 1.165) is 5.06 Å². The Hall–Kier alpha value is -1.40. The van der Waals surface area contributed by atoms with Gasteiger partial charge in [-0.15, -0.1) is 0 Å². The summed E-state index contributed by atoms with van der Waals surface area (Å²) in [6.07, 6.45) is -10.1. The average molecular weight is 407 g/mol. The van der Waals surface area contributed by atoms with E-state index >= 15 is 0 Å². The highest BCUT2D eigenvalue weighted by Crippen LogP contribution is 2.54. The summed E-state index contributed by atoms with van der Waals surface area (Å²) in [5.74, 6) is -19.0. The van der Waals surface area contributed by atoms with Gasteiger partial charge in [0, 0.05) is 13.5 Å². The Morgan fingerprint density at radius 2 is 1.35 bits per heavy atom. The molecule has 0 saturated heterocycles. The third-order valence-electron chi connectivity index (χ3n) is 3.35. The van der Waals surface area contributed by atoms with Crippen molar-refractivity contribution in [2.24, 2.45) is 0 Å². The van der Waals surface area contributed by atoms with Crippen LogP contribution in [-0.4, -0.2) is 55.9 Å². The van der Waals surface area contributed by atoms with Crippen molar-refractivity contribution in [2.45, 2.75) is 56.0 Å². The summed E-state index contributed by atoms with van der Waals surface area (Å²) in [6.45, 7) is -0.148. The molecule has 0 unspecified atom stereocenters. The molecule has 0 N–H and O–H groups in total. The zero-order valence-corrected chi connectivity index (χ0v) is 13.8. The summed E-state index contributed by atoms with van der Waals surface area (Å²) >= 11 is 0. The number of hydroxylamine groups is 2. The monoisotopic (exact) mass is 407 g/mol. The van der Waals surface area contributed by atoms with E-state index in [2.05, 4.69) is 9.57 Å². The Labute approximate surface area is 143 Å². The minimum Gasteiger partial charge on any atom is -0.448 e. The molecule has 0 bridgehead atoms. The van der Waals surface area contributed by atoms with E-state index in [1.54, 1.807) is 0 Å². The molecule has 0 saturated carbocycles. The molecule has 26 heavy (non-hydrogen) atoms. The van der Waals surface area contributed by atoms with Gasteiger partial charge in [-0.25, -0.2) is 4.79 Å². The number of hydrogen-bond donors (Lipinski definition) is 0. The summed E-state index contributed by atoms with van der Waals surface area (Å²) < 4.78 is 118. The predicted octanol–water partition coefficient (Wildman–Crippen LogP) is 5.03. The number of ether oxygens (including phenoxy) is 1. The van der Waals surface area contributed by atoms with Gasteiger partial charge in [0.05, 0.1) is 13.7 Å². The molecule has 4 nitrogen and oxygen atoms in total. The van der Waals surface area contributed by atoms with E-state index in [-0.39, 0.29) is 25.9 Å². The van der Waals surface area contributed by atoms with Gasteiger partial charge in [-0.2, -0.15) is 44.6 Å². The summed E-state index contributed by atoms with van der Waals surface area (Å²) in [5, 5.41) is 0.753. The molecule has 0 fully saturated rings. The number of carbonyl (C=O) groups excluding carboxylic acids is 1. The van der Waals surface area contributed by atoms with Gasteiger partial charge < -0.3 is 4.74 Å². The van der Waals surface area contributed by atoms with Crippen molar-refractivity contribution in [1.82, 2.24) is 5.06 Å². The first kappa shape index (κ1) is 24.6. The van der Waals surface area contributed by atoms with Crippen LogP contribution in [0.15, 0.2) is 0 Å². The van der Waals surface area contributed by atoms with Crippen LogP contribution in [0.1, 0.15) is 32.1 Å². The van der Waals surface area contributed by atoms with Crippen LogP contribution in [0.4, 0.5) is 44.3 Å². The van der Waals surface area contributed by atoms with E-state index in [4.69, 9.17) is 0 Å². The topological polar surface area (TPSA) is 38.8 Å². The van der Waals surface area contributed by atoms with Crippen LogP contribution in [-0.2, 0) is 9.57 Å². The molecular weight excluding hydrogens is 389 g/mol. The van der Waals surface area contributed by atoms with Crippen LogP contribution < -0.4 is 0 Å². The van der Waals surface area contributed by atoms with E-state index in [9.17, 15) is 44.3 Å². The van der Waals surface area contributed by atoms with Crippen molar-refractivity contribution in [3.63, 3.8) is 0 Å². The van der Waals surface area contributed by atoms with Crippen LogP contribution >= 0.6 is 0 Å². The smallest absolute Gasteiger partial charge is 0.448 e. The maximum absolute atomic E-state index is 13.2. The summed E-state index contributed by atoms with van der Waals surface area (Å²) in [4.78, 5) is 15.6. The number of carbonyl (C=O) groups is 1. The second-order valence-electron chi connectivity index (χ2n) is 5.31. The number of hydrogen-bond acceptors (Lipinski definition) is 3. The van der Waals surface area contributed by atoms with E-state index in [0.29, 0.717) is 0 Å². The van der Waals surface area contributed by atoms with E-state index in [1.165, 1.54) is 14.2 Å². The Morgan fingerprint density at radius 3 is 1.81 bits per heavy atom. The van der Waals surface area contributed by atoms with Gasteiger partial charge in [-0.05, 0) is 12.8 Å². The van der Waals surface area contributed by atoms with Crippen molar-refractivity contribution in [3.05, 3.63) is 0 Å². The average Bonchev–Trinajstić information content (AvgIpc) is 2.51. The standard InChI is InChI=1S/C13H18F9NO3/c1-23(25-2)9(24)26-8-6-4-3-5-7-10(14,15)11(16,17)12(18,19)13(20,21)22/h3-8H2,1-2H3. The van der Waals surface area contributed by atoms with E-state index < -0.39 is 42.9 Å². The molecule has 0 aliphatic carbocycles. The van der Waals surface area contributed by atoms with E-state index in [1.807, 2.05) is 0 Å². The van der Waals surface area contributed by atoms with Crippen molar-refractivity contribution in [2.75, 3.05) is 20.8 Å². The number of halogens is 9. The molecule has 0 aliphatic rings. The molecule has 0 aromatic heterocycles. The SMILES string of the molecule is CON(C)C(=O)OCCCCCCC(F)(F)C(F)(F)C(F)(F)C(F)(F)F. The Morgan fingerprint density at radius 1 is 0.846 bits per heavy atom. The molecular formula is C13H18F9NO3. The molecule has 0 spiro atoms. The molecule has 0 aliphatic heterocycles. The zero-order valence-electron chi connectivity index (χ0n) is 13.8. The highest BCUT2D eigenvalue weighted by molar-refractivity contribution is 5.65. The van der Waals surface area contributed by atoms with Gasteiger partial charge in [0.25, 0.3) is 0 Å². The third kappa shape index (κ3) is 5.81. The lowest BCUT2D eigenvalue weighted by molar-refractivity contribution is -0.396. The fourth-order valence-electron chi connectivity index (χ4n) is 1.69. The molecule has 0 aromatic rings. The highest BCUT2D eigenvalue weighted by Gasteiger charge is 2.81. The lowest BCUT2D eigenvalue weighted by atomic mass is 9.98. The first-order valence-corrected chi connectivity index (χ1v) is 7.26. The number of nitrogens with zero attached hydrogens (tertiary/aromatic N) is 1. The normalized spacial score (nSPS) is 13.7. The number of amides is 1. The quantitative estimate of drug-likeness (QED) is 0.290. The Balaban J connectivity index is 4.36. The zero-order chi connectivity index (χ0) is 20.8. The van der Waals surface area contributed by atoms with Crippen LogP contribution in [0, 0.1) is 0 Å². The number of rotatable bonds is 10. The molecule has 156 valence electrons. The van der Waals surface area contributed by atoms with Crippen molar-refractivity contribution >= 4 is 6.09 Å². The van der Waals surface area contributed by atoms with Crippen LogP contribution in [0.5, 0.6) is 0 Å². The van der Waals surface area contributed by atoms with Gasteiger partial charge in [-0.3, -0.25) is 4.84 Å². The van der Waals surface area contributed by atoms with Crippen LogP contribution in [0.25, 0.3) is 0 Å². The van der Waals surface area contributed by atoms with Crippen molar-refractivity contribution < 1.29 is 53.9 Å². The first-order valence-electron chi connectivity index (χ1n) is 7.26. The minimum absolute atomic E-state index is 0.0985. The second-order valence-corrected chi connectivity index (χ2v) is 5.31. The fraction of sp³-hybridized carbons (Fsp3) is 0.923. The highest BCUT2D eigenvalue weighted by atomic mass is 19.4. The van der Waals surface area contributed by atoms with Crippen molar-refractivity contribution in [3.8, 4) is 0 Å². The third-order valence-corrected chi connectivity index (χ3v) is 3.35. The summed E-state index contributed by atoms with van der Waals surface area (Å²) in [7, 11) is 2.45. The largest absolute Gasteiger partial charge is 0.460 e. The first-order chi connectivity index (χ1) is 11.6. The molecule has 0 aromatic carbocycles.